The smallest absolute Gasteiger partial charge is 0.161 e. The number of nitriles is 1. The normalized spacial score (nSPS) is 16.3. The van der Waals surface area contributed by atoms with Gasteiger partial charge in [0, 0.05) is 13.1 Å². The molecule has 3 rings (SSSR count). The summed E-state index contributed by atoms with van der Waals surface area (Å²) >= 11 is 0. The van der Waals surface area contributed by atoms with Gasteiger partial charge in [-0.05, 0) is 36.9 Å². The first-order valence-electron chi connectivity index (χ1n) is 7.30. The molecule has 1 aliphatic heterocycles. The van der Waals surface area contributed by atoms with Gasteiger partial charge in [-0.2, -0.15) is 5.26 Å². The van der Waals surface area contributed by atoms with Gasteiger partial charge in [0.2, 0.25) is 0 Å². The van der Waals surface area contributed by atoms with Gasteiger partial charge in [0.05, 0.1) is 11.6 Å². The molecule has 2 aromatic carbocycles. The van der Waals surface area contributed by atoms with E-state index in [0.717, 1.165) is 24.6 Å². The minimum atomic E-state index is 0.0262. The molecule has 1 atom stereocenters. The lowest BCUT2D eigenvalue weighted by molar-refractivity contribution is 0.0638. The lowest BCUT2D eigenvalue weighted by Gasteiger charge is -2.29. The van der Waals surface area contributed by atoms with Crippen molar-refractivity contribution >= 4 is 0 Å². The molecule has 0 bridgehead atoms. The molecule has 0 aromatic heterocycles. The molecule has 0 aliphatic carbocycles. The number of para-hydroxylation sites is 2. The molecule has 0 spiro atoms. The van der Waals surface area contributed by atoms with Crippen LogP contribution in [0.15, 0.2) is 48.5 Å². The Morgan fingerprint density at radius 2 is 1.86 bits per heavy atom. The average Bonchev–Trinajstić information content (AvgIpc) is 2.55. The lowest BCUT2D eigenvalue weighted by atomic mass is 10.1. The highest BCUT2D eigenvalue weighted by Crippen LogP contribution is 2.30. The SMILES string of the molecule is CN(Cc1ccc(C#N)cc1)C[C@@H]1COc2ccccc2O1. The van der Waals surface area contributed by atoms with E-state index < -0.39 is 0 Å². The second kappa shape index (κ2) is 6.50. The maximum absolute atomic E-state index is 8.82. The molecule has 0 saturated heterocycles. The molecular weight excluding hydrogens is 276 g/mol. The highest BCUT2D eigenvalue weighted by molar-refractivity contribution is 5.40. The van der Waals surface area contributed by atoms with Crippen LogP contribution in [-0.4, -0.2) is 31.2 Å². The number of likely N-dealkylation sites (N-methyl/N-ethyl adjacent to an activating group) is 1. The molecule has 0 N–H and O–H groups in total. The molecule has 0 saturated carbocycles. The van der Waals surface area contributed by atoms with Crippen molar-refractivity contribution in [3.8, 4) is 17.6 Å². The topological polar surface area (TPSA) is 45.5 Å². The molecule has 0 amide bonds. The number of nitrogens with zero attached hydrogens (tertiary/aromatic N) is 2. The summed E-state index contributed by atoms with van der Waals surface area (Å²) in [6.45, 7) is 2.16. The van der Waals surface area contributed by atoms with Gasteiger partial charge >= 0.3 is 0 Å². The zero-order valence-corrected chi connectivity index (χ0v) is 12.5. The fraction of sp³-hybridized carbons (Fsp3) is 0.278. The molecule has 1 heterocycles. The van der Waals surface area contributed by atoms with Gasteiger partial charge in [0.1, 0.15) is 12.7 Å². The number of hydrogen-bond donors (Lipinski definition) is 0. The zero-order valence-electron chi connectivity index (χ0n) is 12.5. The lowest BCUT2D eigenvalue weighted by Crippen LogP contribution is -2.39. The van der Waals surface area contributed by atoms with Crippen LogP contribution in [0, 0.1) is 11.3 Å². The van der Waals surface area contributed by atoms with Gasteiger partial charge < -0.3 is 9.47 Å². The van der Waals surface area contributed by atoms with Crippen LogP contribution < -0.4 is 9.47 Å². The Morgan fingerprint density at radius 1 is 1.14 bits per heavy atom. The van der Waals surface area contributed by atoms with Crippen LogP contribution in [0.5, 0.6) is 11.5 Å². The van der Waals surface area contributed by atoms with Gasteiger partial charge in [-0.3, -0.25) is 4.90 Å². The van der Waals surface area contributed by atoms with Crippen LogP contribution in [-0.2, 0) is 6.54 Å². The van der Waals surface area contributed by atoms with Crippen LogP contribution in [0.25, 0.3) is 0 Å². The van der Waals surface area contributed by atoms with E-state index in [9.17, 15) is 0 Å². The minimum absolute atomic E-state index is 0.0262. The Bertz CT molecular complexity index is 676. The minimum Gasteiger partial charge on any atom is -0.486 e. The van der Waals surface area contributed by atoms with Crippen molar-refractivity contribution in [1.29, 1.82) is 5.26 Å². The Kier molecular flexibility index (Phi) is 4.27. The van der Waals surface area contributed by atoms with E-state index in [4.69, 9.17) is 14.7 Å². The molecule has 0 fully saturated rings. The predicted molar refractivity (Wildman–Crippen MR) is 83.8 cm³/mol. The van der Waals surface area contributed by atoms with E-state index >= 15 is 0 Å². The Morgan fingerprint density at radius 3 is 2.59 bits per heavy atom. The zero-order chi connectivity index (χ0) is 15.4. The summed E-state index contributed by atoms with van der Waals surface area (Å²) in [6.07, 6.45) is 0.0262. The predicted octanol–water partition coefficient (Wildman–Crippen LogP) is 2.83. The van der Waals surface area contributed by atoms with Crippen molar-refractivity contribution in [2.75, 3.05) is 20.2 Å². The highest BCUT2D eigenvalue weighted by Gasteiger charge is 2.21. The number of fused-ring (bicyclic) bond motifs is 1. The summed E-state index contributed by atoms with van der Waals surface area (Å²) in [5.41, 5.74) is 1.87. The summed E-state index contributed by atoms with van der Waals surface area (Å²) in [7, 11) is 2.06. The fourth-order valence-electron chi connectivity index (χ4n) is 2.56. The average molecular weight is 294 g/mol. The Labute approximate surface area is 130 Å². The number of rotatable bonds is 4. The maximum atomic E-state index is 8.82. The van der Waals surface area contributed by atoms with Gasteiger partial charge in [0.15, 0.2) is 11.5 Å². The van der Waals surface area contributed by atoms with E-state index in [1.54, 1.807) is 0 Å². The third-order valence-corrected chi connectivity index (χ3v) is 3.62. The van der Waals surface area contributed by atoms with Gasteiger partial charge in [-0.1, -0.05) is 24.3 Å². The van der Waals surface area contributed by atoms with Crippen molar-refractivity contribution in [3.05, 3.63) is 59.7 Å². The quantitative estimate of drug-likeness (QED) is 0.870. The molecule has 2 aromatic rings. The summed E-state index contributed by atoms with van der Waals surface area (Å²) in [4.78, 5) is 2.20. The van der Waals surface area contributed by atoms with Gasteiger partial charge in [-0.15, -0.1) is 0 Å². The monoisotopic (exact) mass is 294 g/mol. The van der Waals surface area contributed by atoms with E-state index in [0.29, 0.717) is 12.2 Å². The molecular formula is C18H18N2O2. The molecule has 22 heavy (non-hydrogen) atoms. The first-order valence-corrected chi connectivity index (χ1v) is 7.30. The van der Waals surface area contributed by atoms with Crippen LogP contribution in [0.2, 0.25) is 0 Å². The van der Waals surface area contributed by atoms with Gasteiger partial charge in [0.25, 0.3) is 0 Å². The van der Waals surface area contributed by atoms with E-state index in [2.05, 4.69) is 18.0 Å². The van der Waals surface area contributed by atoms with E-state index in [1.807, 2.05) is 48.5 Å². The van der Waals surface area contributed by atoms with Crippen molar-refractivity contribution < 1.29 is 9.47 Å². The van der Waals surface area contributed by atoms with Crippen LogP contribution in [0.3, 0.4) is 0 Å². The number of ether oxygens (including phenoxy) is 2. The van der Waals surface area contributed by atoms with Crippen LogP contribution in [0.4, 0.5) is 0 Å². The third-order valence-electron chi connectivity index (χ3n) is 3.62. The van der Waals surface area contributed by atoms with Crippen molar-refractivity contribution in [1.82, 2.24) is 4.90 Å². The molecule has 0 radical (unpaired) electrons. The first-order chi connectivity index (χ1) is 10.7. The Balaban J connectivity index is 1.56. The van der Waals surface area contributed by atoms with Crippen molar-refractivity contribution in [3.63, 3.8) is 0 Å². The second-order valence-corrected chi connectivity index (χ2v) is 5.50. The van der Waals surface area contributed by atoms with Crippen LogP contribution in [0.1, 0.15) is 11.1 Å². The van der Waals surface area contributed by atoms with Gasteiger partial charge in [-0.25, -0.2) is 0 Å². The molecule has 4 heteroatoms. The number of benzene rings is 2. The van der Waals surface area contributed by atoms with E-state index in [-0.39, 0.29) is 6.10 Å². The number of hydrogen-bond acceptors (Lipinski definition) is 4. The molecule has 112 valence electrons. The summed E-state index contributed by atoms with van der Waals surface area (Å²) in [5.74, 6) is 1.62. The first kappa shape index (κ1) is 14.4. The fourth-order valence-corrected chi connectivity index (χ4v) is 2.56. The second-order valence-electron chi connectivity index (χ2n) is 5.50. The largest absolute Gasteiger partial charge is 0.486 e. The summed E-state index contributed by atoms with van der Waals surface area (Å²) in [5, 5.41) is 8.82. The molecule has 0 unspecified atom stereocenters. The van der Waals surface area contributed by atoms with Crippen molar-refractivity contribution in [2.45, 2.75) is 12.6 Å². The maximum Gasteiger partial charge on any atom is 0.161 e. The standard InChI is InChI=1S/C18H18N2O2/c1-20(11-15-8-6-14(10-19)7-9-15)12-16-13-21-17-4-2-3-5-18(17)22-16/h2-9,16H,11-13H2,1H3/t16-/m1/s1. The van der Waals surface area contributed by atoms with Crippen LogP contribution >= 0.6 is 0 Å². The molecule has 4 nitrogen and oxygen atoms in total. The van der Waals surface area contributed by atoms with E-state index in [1.165, 1.54) is 5.56 Å². The summed E-state index contributed by atoms with van der Waals surface area (Å²) < 4.78 is 11.7. The third kappa shape index (κ3) is 3.38. The highest BCUT2D eigenvalue weighted by atomic mass is 16.6. The van der Waals surface area contributed by atoms with Crippen molar-refractivity contribution in [2.24, 2.45) is 0 Å². The Hall–Kier alpha value is -2.51. The molecule has 1 aliphatic rings. The summed E-state index contributed by atoms with van der Waals surface area (Å²) in [6, 6.07) is 17.6.